The molecule has 0 amide bonds. The molecule has 0 aliphatic rings. The van der Waals surface area contributed by atoms with Gasteiger partial charge in [-0.2, -0.15) is 0 Å². The van der Waals surface area contributed by atoms with Crippen LogP contribution in [0.3, 0.4) is 0 Å². The Kier molecular flexibility index (Phi) is 3.63. The van der Waals surface area contributed by atoms with Crippen molar-refractivity contribution in [2.75, 3.05) is 0 Å². The van der Waals surface area contributed by atoms with E-state index in [2.05, 4.69) is 4.57 Å². The third kappa shape index (κ3) is 4.34. The van der Waals surface area contributed by atoms with E-state index in [1.807, 2.05) is 66.7 Å². The van der Waals surface area contributed by atoms with Gasteiger partial charge in [0.15, 0.2) is 0 Å². The number of fused-ring (bicyclic) bond motifs is 3. The lowest BCUT2D eigenvalue weighted by Crippen LogP contribution is -1.93. The highest BCUT2D eigenvalue weighted by Gasteiger charge is 2.20. The molecular weight excluding hydrogens is 687 g/mol. The minimum absolute atomic E-state index is 0.0970. The van der Waals surface area contributed by atoms with Crippen LogP contribution in [-0.4, -0.2) is 4.57 Å². The topological polar surface area (TPSA) is 4.93 Å². The van der Waals surface area contributed by atoms with Gasteiger partial charge in [-0.15, -0.1) is 0 Å². The van der Waals surface area contributed by atoms with E-state index in [0.29, 0.717) is 5.56 Å². The van der Waals surface area contributed by atoms with Crippen molar-refractivity contribution in [2.45, 2.75) is 0 Å². The Morgan fingerprint density at radius 1 is 0.333 bits per heavy atom. The Bertz CT molecular complexity index is 4800. The van der Waals surface area contributed by atoms with Crippen LogP contribution in [-0.2, 0) is 0 Å². The van der Waals surface area contributed by atoms with Gasteiger partial charge in [0, 0.05) is 16.5 Å². The molecule has 13 rings (SSSR count). The number of hydrogen-bond acceptors (Lipinski definition) is 0. The first-order chi connectivity index (χ1) is 36.2. The number of nitrogens with zero attached hydrogens (tertiary/aromatic N) is 1. The zero-order valence-corrected chi connectivity index (χ0v) is 29.5. The predicted octanol–water partition coefficient (Wildman–Crippen LogP) is 15.6. The maximum Gasteiger partial charge on any atom is 0.0636 e. The van der Waals surface area contributed by atoms with Crippen LogP contribution in [0.5, 0.6) is 0 Å². The molecule has 12 aromatic carbocycles. The second kappa shape index (κ2) is 11.5. The zero-order valence-electron chi connectivity index (χ0n) is 48.5. The van der Waals surface area contributed by atoms with E-state index in [0.717, 1.165) is 27.5 Å². The summed E-state index contributed by atoms with van der Waals surface area (Å²) in [5, 5.41) is -0.851. The first kappa shape index (κ1) is 18.0. The van der Waals surface area contributed by atoms with Crippen molar-refractivity contribution in [3.8, 4) is 39.1 Å². The van der Waals surface area contributed by atoms with E-state index in [9.17, 15) is 13.7 Å². The van der Waals surface area contributed by atoms with Gasteiger partial charge in [-0.3, -0.25) is 0 Å². The summed E-state index contributed by atoms with van der Waals surface area (Å²) in [6.45, 7) is 0. The number of hydrogen-bond donors (Lipinski definition) is 0. The lowest BCUT2D eigenvalue weighted by atomic mass is 9.84. The Labute approximate surface area is 355 Å². The summed E-state index contributed by atoms with van der Waals surface area (Å²) >= 11 is 0. The van der Waals surface area contributed by atoms with Gasteiger partial charge >= 0.3 is 0 Å². The number of benzene rings is 12. The lowest BCUT2D eigenvalue weighted by Gasteiger charge is -2.19. The molecule has 1 aromatic heterocycles. The second-order valence-corrected chi connectivity index (χ2v) is 14.1. The summed E-state index contributed by atoms with van der Waals surface area (Å²) in [7, 11) is 0. The molecule has 0 bridgehead atoms. The fraction of sp³-hybridized carbons (Fsp3) is 0. The Hall–Kier alpha value is -7.48. The average molecular weight is 739 g/mol. The molecule has 0 saturated heterocycles. The van der Waals surface area contributed by atoms with E-state index >= 15 is 0 Å². The van der Waals surface area contributed by atoms with Crippen LogP contribution in [0, 0.1) is 0 Å². The first-order valence-corrected chi connectivity index (χ1v) is 18.3. The summed E-state index contributed by atoms with van der Waals surface area (Å²) in [4.78, 5) is 0. The van der Waals surface area contributed by atoms with Crippen LogP contribution in [0.4, 0.5) is 0 Å². The molecule has 0 fully saturated rings. The minimum atomic E-state index is -0.640. The summed E-state index contributed by atoms with van der Waals surface area (Å²) in [5.41, 5.74) is 2.42. The molecule has 0 unspecified atom stereocenters. The smallest absolute Gasteiger partial charge is 0.0636 e. The molecule has 0 N–H and O–H groups in total. The number of rotatable bonds is 4. The van der Waals surface area contributed by atoms with E-state index < -0.39 is 115 Å². The molecular formula is C56H33N. The SMILES string of the molecule is [2H]c1c(-c2c([2H])c([2H])c3c([2H])c([2H])c4c([2H])c([2H])c([2H])c5c([2H])c([2H])c2c3c45)ccc(-c2ccc3c(c2)c2ccccc2n3-c2ccccc2)c1-c1c([2H])c([2H])c2c([2H])c([2H])c3c([2H])c([2H])c([2H])c4c([2H])c([2H])c1c2c34. The summed E-state index contributed by atoms with van der Waals surface area (Å²) in [5.74, 6) is 0. The average Bonchev–Trinajstić information content (AvgIpc) is 3.68. The maximum atomic E-state index is 10.5. The molecule has 0 aliphatic carbocycles. The van der Waals surface area contributed by atoms with Crippen molar-refractivity contribution < 1.29 is 26.0 Å². The maximum absolute atomic E-state index is 10.5. The highest BCUT2D eigenvalue weighted by Crippen LogP contribution is 2.46. The molecule has 0 atom stereocenters. The van der Waals surface area contributed by atoms with Crippen LogP contribution in [0.2, 0.25) is 0 Å². The van der Waals surface area contributed by atoms with Gasteiger partial charge in [0.2, 0.25) is 0 Å². The molecule has 57 heavy (non-hydrogen) atoms. The highest BCUT2D eigenvalue weighted by molar-refractivity contribution is 6.27. The molecule has 1 heteroatoms. The monoisotopic (exact) mass is 738 g/mol. The standard InChI is InChI=1S/C56H33N/c1-2-12-42(13-3-1)57-51-15-5-4-14-46(51)50-33-41(25-31-52(50)57)44-27-24-40(43-26-20-38-18-16-34-8-6-10-36-22-29-47(43)55(38)53(34)36)32-49(44)45-28-21-39-19-17-35-9-7-11-37-23-30-48(45)56(39)54(35)37/h1-33H/i6D,7D,8D,9D,10D,11D,16D,17D,18D,19D,20D,21D,22D,23D,26D,28D,29D,30D,32D. The molecule has 1 heterocycles. The Balaban J connectivity index is 1.24. The molecule has 262 valence electrons. The van der Waals surface area contributed by atoms with Crippen molar-refractivity contribution in [3.63, 3.8) is 0 Å². The van der Waals surface area contributed by atoms with Gasteiger partial charge < -0.3 is 4.57 Å². The van der Waals surface area contributed by atoms with Gasteiger partial charge in [0.25, 0.3) is 0 Å². The normalized spacial score (nSPS) is 16.9. The Morgan fingerprint density at radius 3 is 1.54 bits per heavy atom. The molecule has 13 aromatic rings. The fourth-order valence-electron chi connectivity index (χ4n) is 8.59. The number of aromatic nitrogens is 1. The van der Waals surface area contributed by atoms with E-state index in [4.69, 9.17) is 12.3 Å². The molecule has 0 saturated carbocycles. The highest BCUT2D eigenvalue weighted by atomic mass is 15.0. The van der Waals surface area contributed by atoms with Crippen LogP contribution >= 0.6 is 0 Å². The summed E-state index contributed by atoms with van der Waals surface area (Å²) in [6.07, 6.45) is 0. The molecule has 0 aliphatic heterocycles. The molecule has 1 nitrogen and oxygen atoms in total. The summed E-state index contributed by atoms with van der Waals surface area (Å²) in [6, 6.07) is 14.8. The minimum Gasteiger partial charge on any atom is -0.309 e. The molecule has 0 radical (unpaired) electrons. The van der Waals surface area contributed by atoms with Gasteiger partial charge in [-0.1, -0.05) is 163 Å². The first-order valence-electron chi connectivity index (χ1n) is 27.8. The summed E-state index contributed by atoms with van der Waals surface area (Å²) < 4.78 is 179. The van der Waals surface area contributed by atoms with Crippen LogP contribution < -0.4 is 0 Å². The van der Waals surface area contributed by atoms with Gasteiger partial charge in [-0.25, -0.2) is 0 Å². The van der Waals surface area contributed by atoms with Crippen LogP contribution in [0.15, 0.2) is 200 Å². The lowest BCUT2D eigenvalue weighted by molar-refractivity contribution is 1.18. The third-order valence-corrected chi connectivity index (χ3v) is 11.1. The van der Waals surface area contributed by atoms with Crippen LogP contribution in [0.25, 0.3) is 126 Å². The van der Waals surface area contributed by atoms with E-state index in [1.54, 1.807) is 12.1 Å². The van der Waals surface area contributed by atoms with Crippen LogP contribution in [0.1, 0.15) is 26.0 Å². The number of para-hydroxylation sites is 2. The predicted molar refractivity (Wildman–Crippen MR) is 244 cm³/mol. The quantitative estimate of drug-likeness (QED) is 0.158. The van der Waals surface area contributed by atoms with Crippen molar-refractivity contribution in [2.24, 2.45) is 0 Å². The van der Waals surface area contributed by atoms with Gasteiger partial charge in [0.05, 0.1) is 37.1 Å². The zero-order chi connectivity index (χ0) is 53.7. The van der Waals surface area contributed by atoms with E-state index in [-0.39, 0.29) is 92.5 Å². The fourth-order valence-corrected chi connectivity index (χ4v) is 8.59. The van der Waals surface area contributed by atoms with Gasteiger partial charge in [-0.05, 0) is 134 Å². The van der Waals surface area contributed by atoms with Crippen molar-refractivity contribution in [3.05, 3.63) is 200 Å². The second-order valence-electron chi connectivity index (χ2n) is 14.1. The Morgan fingerprint density at radius 2 is 0.860 bits per heavy atom. The van der Waals surface area contributed by atoms with Crippen molar-refractivity contribution in [1.82, 2.24) is 4.57 Å². The van der Waals surface area contributed by atoms with Crippen molar-refractivity contribution in [1.29, 1.82) is 0 Å². The van der Waals surface area contributed by atoms with Crippen molar-refractivity contribution >= 4 is 86.4 Å². The molecule has 0 spiro atoms. The van der Waals surface area contributed by atoms with Gasteiger partial charge in [0.1, 0.15) is 0 Å². The third-order valence-electron chi connectivity index (χ3n) is 11.1. The largest absolute Gasteiger partial charge is 0.309 e. The van der Waals surface area contributed by atoms with E-state index in [1.165, 1.54) is 6.07 Å².